The highest BCUT2D eigenvalue weighted by atomic mass is 35.5. The number of aromatic amines is 1. The molecule has 0 amide bonds. The number of aromatic nitrogens is 3. The molecule has 1 fully saturated rings. The van der Waals surface area contributed by atoms with Crippen LogP contribution in [0.3, 0.4) is 0 Å². The predicted octanol–water partition coefficient (Wildman–Crippen LogP) is 4.50. The topological polar surface area (TPSA) is 33.6 Å². The van der Waals surface area contributed by atoms with Crippen LogP contribution in [-0.2, 0) is 0 Å². The Hall–Kier alpha value is -0.870. The molecule has 1 aliphatic rings. The molecular formula is C13H16ClN3S. The van der Waals surface area contributed by atoms with Gasteiger partial charge in [-0.05, 0) is 44.0 Å². The molecule has 0 saturated heterocycles. The molecular weight excluding hydrogens is 266 g/mol. The molecule has 2 aromatic heterocycles. The van der Waals surface area contributed by atoms with Gasteiger partial charge in [-0.15, -0.1) is 0 Å². The van der Waals surface area contributed by atoms with Gasteiger partial charge in [0.2, 0.25) is 0 Å². The number of pyridine rings is 1. The second-order valence-electron chi connectivity index (χ2n) is 5.11. The summed E-state index contributed by atoms with van der Waals surface area (Å²) in [5.41, 5.74) is 1.85. The number of halogens is 1. The molecule has 18 heavy (non-hydrogen) atoms. The average molecular weight is 282 g/mol. The number of H-pyrrole nitrogens is 1. The van der Waals surface area contributed by atoms with Crippen molar-refractivity contribution in [2.75, 3.05) is 0 Å². The molecule has 2 heterocycles. The number of hydrogen-bond acceptors (Lipinski definition) is 2. The van der Waals surface area contributed by atoms with Crippen LogP contribution in [0.15, 0.2) is 12.3 Å². The normalized spacial score (nSPS) is 18.6. The summed E-state index contributed by atoms with van der Waals surface area (Å²) in [7, 11) is 0. The minimum absolute atomic E-state index is 0.405. The quantitative estimate of drug-likeness (QED) is 0.823. The van der Waals surface area contributed by atoms with Gasteiger partial charge in [0.1, 0.15) is 0 Å². The van der Waals surface area contributed by atoms with Crippen LogP contribution in [0.5, 0.6) is 0 Å². The molecule has 1 atom stereocenters. The summed E-state index contributed by atoms with van der Waals surface area (Å²) in [6.07, 6.45) is 6.95. The van der Waals surface area contributed by atoms with Crippen LogP contribution in [0.1, 0.15) is 38.6 Å². The lowest BCUT2D eigenvalue weighted by molar-refractivity contribution is 0.363. The third-order valence-corrected chi connectivity index (χ3v) is 4.52. The van der Waals surface area contributed by atoms with E-state index in [-0.39, 0.29) is 0 Å². The van der Waals surface area contributed by atoms with Crippen molar-refractivity contribution in [2.45, 2.75) is 38.6 Å². The van der Waals surface area contributed by atoms with Crippen LogP contribution < -0.4 is 0 Å². The fourth-order valence-electron chi connectivity index (χ4n) is 3.02. The van der Waals surface area contributed by atoms with E-state index in [4.69, 9.17) is 23.8 Å². The van der Waals surface area contributed by atoms with Gasteiger partial charge < -0.3 is 4.98 Å². The summed E-state index contributed by atoms with van der Waals surface area (Å²) < 4.78 is 2.90. The smallest absolute Gasteiger partial charge is 0.179 e. The Labute approximate surface area is 116 Å². The first kappa shape index (κ1) is 12.2. The Morgan fingerprint density at radius 1 is 1.50 bits per heavy atom. The van der Waals surface area contributed by atoms with Gasteiger partial charge in [0, 0.05) is 12.2 Å². The Bertz CT molecular complexity index is 625. The number of imidazole rings is 1. The summed E-state index contributed by atoms with van der Waals surface area (Å²) in [6.45, 7) is 2.25. The zero-order valence-corrected chi connectivity index (χ0v) is 11.9. The number of nitrogens with zero attached hydrogens (tertiary/aromatic N) is 2. The van der Waals surface area contributed by atoms with Crippen molar-refractivity contribution in [2.24, 2.45) is 5.92 Å². The van der Waals surface area contributed by atoms with Crippen LogP contribution in [-0.4, -0.2) is 14.5 Å². The monoisotopic (exact) mass is 281 g/mol. The standard InChI is InChI=1S/C13H16ClN3S/c1-8(9-4-2-3-5-9)17-12-11(16-13(17)18)6-10(14)7-15-12/h6-9H,2-5H2,1H3,(H,16,18). The molecule has 0 aromatic carbocycles. The van der Waals surface area contributed by atoms with Gasteiger partial charge in [-0.25, -0.2) is 4.98 Å². The van der Waals surface area contributed by atoms with Crippen molar-refractivity contribution in [3.8, 4) is 0 Å². The molecule has 3 rings (SSSR count). The number of nitrogens with one attached hydrogen (secondary N) is 1. The van der Waals surface area contributed by atoms with Gasteiger partial charge >= 0.3 is 0 Å². The first-order chi connectivity index (χ1) is 8.66. The van der Waals surface area contributed by atoms with Gasteiger partial charge in [-0.3, -0.25) is 4.57 Å². The van der Waals surface area contributed by atoms with Crippen molar-refractivity contribution in [1.29, 1.82) is 0 Å². The summed E-state index contributed by atoms with van der Waals surface area (Å²) in [5, 5.41) is 0.638. The highest BCUT2D eigenvalue weighted by Crippen LogP contribution is 2.35. The van der Waals surface area contributed by atoms with Crippen LogP contribution >= 0.6 is 23.8 Å². The molecule has 0 spiro atoms. The van der Waals surface area contributed by atoms with Crippen molar-refractivity contribution >= 4 is 35.0 Å². The van der Waals surface area contributed by atoms with Crippen LogP contribution in [0.4, 0.5) is 0 Å². The largest absolute Gasteiger partial charge is 0.329 e. The Kier molecular flexibility index (Phi) is 3.16. The average Bonchev–Trinajstić information content (AvgIpc) is 2.94. The van der Waals surface area contributed by atoms with Gasteiger partial charge in [0.15, 0.2) is 10.4 Å². The number of rotatable bonds is 2. The van der Waals surface area contributed by atoms with Crippen molar-refractivity contribution in [1.82, 2.24) is 14.5 Å². The van der Waals surface area contributed by atoms with E-state index in [1.807, 2.05) is 6.07 Å². The van der Waals surface area contributed by atoms with Crippen molar-refractivity contribution in [3.05, 3.63) is 22.1 Å². The van der Waals surface area contributed by atoms with E-state index in [9.17, 15) is 0 Å². The lowest BCUT2D eigenvalue weighted by atomic mass is 10.00. The molecule has 5 heteroatoms. The molecule has 0 aliphatic heterocycles. The van der Waals surface area contributed by atoms with Gasteiger partial charge in [0.05, 0.1) is 10.5 Å². The summed E-state index contributed by atoms with van der Waals surface area (Å²) in [6, 6.07) is 2.29. The molecule has 1 unspecified atom stereocenters. The number of hydrogen-bond donors (Lipinski definition) is 1. The zero-order chi connectivity index (χ0) is 12.7. The Balaban J connectivity index is 2.10. The van der Waals surface area contributed by atoms with E-state index in [2.05, 4.69) is 21.5 Å². The molecule has 3 nitrogen and oxygen atoms in total. The van der Waals surface area contributed by atoms with Gasteiger partial charge in [0.25, 0.3) is 0 Å². The molecule has 2 aromatic rings. The highest BCUT2D eigenvalue weighted by molar-refractivity contribution is 7.71. The Morgan fingerprint density at radius 3 is 2.94 bits per heavy atom. The van der Waals surface area contributed by atoms with E-state index in [1.165, 1.54) is 25.7 Å². The van der Waals surface area contributed by atoms with E-state index in [0.29, 0.717) is 17.0 Å². The molecule has 1 N–H and O–H groups in total. The summed E-state index contributed by atoms with van der Waals surface area (Å²) in [4.78, 5) is 7.63. The first-order valence-corrected chi connectivity index (χ1v) is 7.21. The fourth-order valence-corrected chi connectivity index (χ4v) is 3.54. The maximum Gasteiger partial charge on any atom is 0.179 e. The third-order valence-electron chi connectivity index (χ3n) is 4.01. The van der Waals surface area contributed by atoms with E-state index >= 15 is 0 Å². The second kappa shape index (κ2) is 4.67. The van der Waals surface area contributed by atoms with Crippen LogP contribution in [0, 0.1) is 10.7 Å². The minimum Gasteiger partial charge on any atom is -0.329 e. The Morgan fingerprint density at radius 2 is 2.22 bits per heavy atom. The van der Waals surface area contributed by atoms with Crippen LogP contribution in [0.2, 0.25) is 5.02 Å². The molecule has 0 bridgehead atoms. The molecule has 1 saturated carbocycles. The first-order valence-electron chi connectivity index (χ1n) is 6.42. The number of fused-ring (bicyclic) bond motifs is 1. The van der Waals surface area contributed by atoms with E-state index < -0.39 is 0 Å². The van der Waals surface area contributed by atoms with E-state index in [0.717, 1.165) is 15.9 Å². The lowest BCUT2D eigenvalue weighted by Gasteiger charge is -2.20. The fraction of sp³-hybridized carbons (Fsp3) is 0.538. The second-order valence-corrected chi connectivity index (χ2v) is 5.93. The molecule has 96 valence electrons. The van der Waals surface area contributed by atoms with Crippen molar-refractivity contribution < 1.29 is 0 Å². The summed E-state index contributed by atoms with van der Waals surface area (Å²) in [5.74, 6) is 0.716. The maximum atomic E-state index is 5.96. The molecule has 0 radical (unpaired) electrons. The maximum absolute atomic E-state index is 5.96. The van der Waals surface area contributed by atoms with Crippen LogP contribution in [0.25, 0.3) is 11.2 Å². The van der Waals surface area contributed by atoms with Gasteiger partial charge in [-0.1, -0.05) is 24.4 Å². The SMILES string of the molecule is CC(C1CCCC1)n1c(=S)[nH]c2cc(Cl)cnc21. The zero-order valence-electron chi connectivity index (χ0n) is 10.3. The van der Waals surface area contributed by atoms with Crippen molar-refractivity contribution in [3.63, 3.8) is 0 Å². The predicted molar refractivity (Wildman–Crippen MR) is 76.6 cm³/mol. The third kappa shape index (κ3) is 1.97. The minimum atomic E-state index is 0.405. The molecule has 1 aliphatic carbocycles. The van der Waals surface area contributed by atoms with Gasteiger partial charge in [-0.2, -0.15) is 0 Å². The highest BCUT2D eigenvalue weighted by Gasteiger charge is 2.24. The summed E-state index contributed by atoms with van der Waals surface area (Å²) >= 11 is 11.4. The lowest BCUT2D eigenvalue weighted by Crippen LogP contribution is -2.14. The van der Waals surface area contributed by atoms with E-state index in [1.54, 1.807) is 6.20 Å².